The fourth-order valence-electron chi connectivity index (χ4n) is 3.81. The zero-order chi connectivity index (χ0) is 21.1. The zero-order valence-corrected chi connectivity index (χ0v) is 18.2. The molecule has 1 aromatic carbocycles. The van der Waals surface area contributed by atoms with Gasteiger partial charge in [0.15, 0.2) is 0 Å². The van der Waals surface area contributed by atoms with Crippen molar-refractivity contribution in [2.24, 2.45) is 5.41 Å². The number of carbonyl (C=O) groups is 1. The third-order valence-electron chi connectivity index (χ3n) is 5.52. The van der Waals surface area contributed by atoms with Crippen LogP contribution in [0.2, 0.25) is 0 Å². The van der Waals surface area contributed by atoms with Crippen molar-refractivity contribution >= 4 is 16.0 Å². The number of benzene rings is 1. The van der Waals surface area contributed by atoms with Crippen LogP contribution in [0.4, 0.5) is 0 Å². The molecule has 0 spiro atoms. The van der Waals surface area contributed by atoms with E-state index >= 15 is 0 Å². The third kappa shape index (κ3) is 4.87. The number of rotatable bonds is 4. The first-order chi connectivity index (χ1) is 13.7. The van der Waals surface area contributed by atoms with E-state index in [0.29, 0.717) is 24.6 Å². The van der Waals surface area contributed by atoms with Crippen LogP contribution in [-0.4, -0.2) is 38.4 Å². The second kappa shape index (κ2) is 8.67. The molecule has 0 radical (unpaired) electrons. The highest BCUT2D eigenvalue weighted by Crippen LogP contribution is 2.41. The summed E-state index contributed by atoms with van der Waals surface area (Å²) in [5.41, 5.74) is 2.52. The van der Waals surface area contributed by atoms with Gasteiger partial charge in [-0.15, -0.1) is 0 Å². The number of hydrogen-bond donors (Lipinski definition) is 0. The Morgan fingerprint density at radius 3 is 2.69 bits per heavy atom. The van der Waals surface area contributed by atoms with Crippen molar-refractivity contribution in [2.75, 3.05) is 19.7 Å². The van der Waals surface area contributed by atoms with Gasteiger partial charge in [-0.05, 0) is 56.4 Å². The van der Waals surface area contributed by atoms with E-state index in [9.17, 15) is 13.2 Å². The van der Waals surface area contributed by atoms with Gasteiger partial charge in [0, 0.05) is 24.6 Å². The Morgan fingerprint density at radius 1 is 1.28 bits per heavy atom. The highest BCUT2D eigenvalue weighted by molar-refractivity contribution is 7.89. The Bertz CT molecular complexity index is 957. The molecule has 1 aliphatic carbocycles. The first-order valence-electron chi connectivity index (χ1n) is 10.1. The van der Waals surface area contributed by atoms with E-state index in [1.165, 1.54) is 4.31 Å². The monoisotopic (exact) mass is 415 g/mol. The van der Waals surface area contributed by atoms with Gasteiger partial charge in [-0.2, -0.15) is 4.31 Å². The summed E-state index contributed by atoms with van der Waals surface area (Å²) in [5.74, 6) is -0.351. The van der Waals surface area contributed by atoms with Gasteiger partial charge < -0.3 is 4.74 Å². The number of hydrogen-bond acceptors (Lipinski definition) is 4. The molecule has 3 rings (SSSR count). The smallest absolute Gasteiger partial charge is 0.331 e. The Labute approximate surface area is 173 Å². The quantitative estimate of drug-likeness (QED) is 0.421. The molecule has 0 amide bonds. The Morgan fingerprint density at radius 2 is 2.00 bits per heavy atom. The van der Waals surface area contributed by atoms with Crippen LogP contribution in [0, 0.1) is 12.3 Å². The van der Waals surface area contributed by atoms with Crippen molar-refractivity contribution in [1.29, 1.82) is 0 Å². The number of aryl methyl sites for hydroxylation is 1. The molecule has 2 aliphatic rings. The second-order valence-electron chi connectivity index (χ2n) is 7.94. The van der Waals surface area contributed by atoms with Crippen molar-refractivity contribution in [3.63, 3.8) is 0 Å². The van der Waals surface area contributed by atoms with Crippen molar-refractivity contribution in [1.82, 2.24) is 4.31 Å². The number of esters is 1. The summed E-state index contributed by atoms with van der Waals surface area (Å²) >= 11 is 0. The highest BCUT2D eigenvalue weighted by Gasteiger charge is 2.42. The molecule has 0 saturated carbocycles. The number of allylic oxidation sites excluding steroid dienone is 3. The van der Waals surface area contributed by atoms with Gasteiger partial charge in [-0.3, -0.25) is 0 Å². The number of ether oxygens (including phenoxy) is 1. The molecule has 1 aromatic rings. The topological polar surface area (TPSA) is 63.7 Å². The third-order valence-corrected chi connectivity index (χ3v) is 7.32. The summed E-state index contributed by atoms with van der Waals surface area (Å²) in [5, 5.41) is 0. The number of nitrogens with zero attached hydrogens (tertiary/aromatic N) is 1. The van der Waals surface area contributed by atoms with Crippen molar-refractivity contribution in [2.45, 2.75) is 44.9 Å². The van der Waals surface area contributed by atoms with Crippen LogP contribution in [0.3, 0.4) is 0 Å². The van der Waals surface area contributed by atoms with Crippen molar-refractivity contribution in [3.8, 4) is 0 Å². The van der Waals surface area contributed by atoms with Crippen LogP contribution in [0.15, 0.2) is 64.6 Å². The molecule has 0 aromatic heterocycles. The van der Waals surface area contributed by atoms with Crippen LogP contribution < -0.4 is 0 Å². The van der Waals surface area contributed by atoms with Crippen LogP contribution in [0.1, 0.15) is 38.7 Å². The van der Waals surface area contributed by atoms with E-state index in [0.717, 1.165) is 36.0 Å². The van der Waals surface area contributed by atoms with Gasteiger partial charge >= 0.3 is 5.97 Å². The van der Waals surface area contributed by atoms with E-state index in [-0.39, 0.29) is 5.97 Å². The predicted molar refractivity (Wildman–Crippen MR) is 114 cm³/mol. The SMILES string of the molecule is CCOC(=O)/C=C1\C=C2\CN(S(=O)(=O)c3ccc(C)cc3)CC2(C)/C=C\CCC1. The molecular formula is C23H29NO4S. The predicted octanol–water partition coefficient (Wildman–Crippen LogP) is 4.16. The maximum Gasteiger partial charge on any atom is 0.331 e. The fraction of sp³-hybridized carbons (Fsp3) is 0.435. The molecule has 0 bridgehead atoms. The van der Waals surface area contributed by atoms with Crippen molar-refractivity contribution in [3.05, 3.63) is 65.3 Å². The van der Waals surface area contributed by atoms with Gasteiger partial charge in [0.05, 0.1) is 11.5 Å². The summed E-state index contributed by atoms with van der Waals surface area (Å²) in [6, 6.07) is 6.96. The highest BCUT2D eigenvalue weighted by atomic mass is 32.2. The average Bonchev–Trinajstić information content (AvgIpc) is 3.01. The zero-order valence-electron chi connectivity index (χ0n) is 17.3. The Balaban J connectivity index is 1.96. The minimum Gasteiger partial charge on any atom is -0.463 e. The minimum absolute atomic E-state index is 0.310. The Hall–Kier alpha value is -2.18. The normalized spacial score (nSPS) is 27.3. The maximum absolute atomic E-state index is 13.2. The van der Waals surface area contributed by atoms with Gasteiger partial charge in [-0.1, -0.05) is 42.8 Å². The molecule has 1 heterocycles. The van der Waals surface area contributed by atoms with E-state index in [1.54, 1.807) is 25.1 Å². The fourth-order valence-corrected chi connectivity index (χ4v) is 5.33. The molecule has 6 heteroatoms. The van der Waals surface area contributed by atoms with Crippen LogP contribution in [0.25, 0.3) is 0 Å². The maximum atomic E-state index is 13.2. The summed E-state index contributed by atoms with van der Waals surface area (Å²) < 4.78 is 33.0. The Kier molecular flexibility index (Phi) is 6.44. The largest absolute Gasteiger partial charge is 0.463 e. The molecular weight excluding hydrogens is 386 g/mol. The molecule has 1 unspecified atom stereocenters. The molecule has 1 fully saturated rings. The van der Waals surface area contributed by atoms with E-state index in [2.05, 4.69) is 19.1 Å². The molecule has 0 N–H and O–H groups in total. The summed E-state index contributed by atoms with van der Waals surface area (Å²) in [4.78, 5) is 12.3. The molecule has 1 aliphatic heterocycles. The lowest BCUT2D eigenvalue weighted by Gasteiger charge is -2.22. The lowest BCUT2D eigenvalue weighted by atomic mass is 9.83. The lowest BCUT2D eigenvalue weighted by Crippen LogP contribution is -2.30. The van der Waals surface area contributed by atoms with E-state index in [4.69, 9.17) is 4.74 Å². The average molecular weight is 416 g/mol. The van der Waals surface area contributed by atoms with Crippen LogP contribution >= 0.6 is 0 Å². The molecule has 156 valence electrons. The molecule has 5 nitrogen and oxygen atoms in total. The van der Waals surface area contributed by atoms with Gasteiger partial charge in [-0.25, -0.2) is 13.2 Å². The van der Waals surface area contributed by atoms with Gasteiger partial charge in [0.2, 0.25) is 10.0 Å². The lowest BCUT2D eigenvalue weighted by molar-refractivity contribution is -0.137. The van der Waals surface area contributed by atoms with Gasteiger partial charge in [0.25, 0.3) is 0 Å². The number of fused-ring (bicyclic) bond motifs is 1. The molecule has 1 saturated heterocycles. The van der Waals surface area contributed by atoms with E-state index in [1.807, 2.05) is 25.1 Å². The summed E-state index contributed by atoms with van der Waals surface area (Å²) in [6.07, 6.45) is 10.4. The standard InChI is InChI=1S/C23H29NO4S/c1-4-28-22(25)15-19-8-6-5-7-13-23(3)17-24(16-20(23)14-19)29(26,27)21-11-9-18(2)10-12-21/h7,9-15H,4-6,8,16-17H2,1-3H3/b13-7-,19-15-,20-14-. The second-order valence-corrected chi connectivity index (χ2v) is 9.88. The first kappa shape index (κ1) is 21.5. The minimum atomic E-state index is -3.59. The molecule has 29 heavy (non-hydrogen) atoms. The van der Waals surface area contributed by atoms with E-state index < -0.39 is 15.4 Å². The number of carbonyl (C=O) groups excluding carboxylic acids is 1. The summed E-state index contributed by atoms with van der Waals surface area (Å²) in [7, 11) is -3.59. The van der Waals surface area contributed by atoms with Crippen LogP contribution in [-0.2, 0) is 19.6 Å². The first-order valence-corrected chi connectivity index (χ1v) is 11.5. The van der Waals surface area contributed by atoms with Crippen LogP contribution in [0.5, 0.6) is 0 Å². The van der Waals surface area contributed by atoms with Crippen molar-refractivity contribution < 1.29 is 17.9 Å². The number of sulfonamides is 1. The molecule has 1 atom stereocenters. The summed E-state index contributed by atoms with van der Waals surface area (Å²) in [6.45, 7) is 6.82. The van der Waals surface area contributed by atoms with Gasteiger partial charge in [0.1, 0.15) is 0 Å².